The highest BCUT2D eigenvalue weighted by Crippen LogP contribution is 2.38. The first-order valence-corrected chi connectivity index (χ1v) is 12.5. The average molecular weight is 523 g/mol. The van der Waals surface area contributed by atoms with Gasteiger partial charge in [0.15, 0.2) is 17.1 Å². The lowest BCUT2D eigenvalue weighted by atomic mass is 10.0. The van der Waals surface area contributed by atoms with Crippen LogP contribution >= 0.6 is 0 Å². The Morgan fingerprint density at radius 2 is 1.65 bits per heavy atom. The van der Waals surface area contributed by atoms with E-state index in [0.29, 0.717) is 28.2 Å². The van der Waals surface area contributed by atoms with Crippen LogP contribution in [0.5, 0.6) is 17.2 Å². The first-order chi connectivity index (χ1) is 17.7. The van der Waals surface area contributed by atoms with Crippen molar-refractivity contribution in [2.45, 2.75) is 11.8 Å². The van der Waals surface area contributed by atoms with Crippen molar-refractivity contribution >= 4 is 26.7 Å². The van der Waals surface area contributed by atoms with E-state index >= 15 is 0 Å². The summed E-state index contributed by atoms with van der Waals surface area (Å²) in [5, 5.41) is 4.71. The highest BCUT2D eigenvalue weighted by atomic mass is 32.2. The molecule has 5 aromatic rings. The van der Waals surface area contributed by atoms with Crippen LogP contribution in [-0.2, 0) is 10.0 Å². The largest absolute Gasteiger partial charge is 0.497 e. The van der Waals surface area contributed by atoms with Gasteiger partial charge in [-0.1, -0.05) is 11.2 Å². The molecule has 0 saturated heterocycles. The predicted molar refractivity (Wildman–Crippen MR) is 134 cm³/mol. The number of methoxy groups -OCH3 is 1. The zero-order valence-electron chi connectivity index (χ0n) is 19.7. The lowest BCUT2D eigenvalue weighted by Gasteiger charge is -2.15. The SMILES string of the molecule is COc1ccc(S(=O)(=O)Nc2ccc(Oc3ccc(F)cc3F)c(-c3ccc4onc(C)c4c3)c2)cc1. The third-order valence-corrected chi connectivity index (χ3v) is 7.07. The Bertz CT molecular complexity index is 1720. The Morgan fingerprint density at radius 3 is 2.38 bits per heavy atom. The van der Waals surface area contributed by atoms with E-state index in [0.717, 1.165) is 17.5 Å². The molecule has 0 fully saturated rings. The van der Waals surface area contributed by atoms with Gasteiger partial charge in [0, 0.05) is 22.7 Å². The fraction of sp³-hybridized carbons (Fsp3) is 0.0741. The standard InChI is InChI=1S/C27H20F2N2O5S/c1-16-22-13-17(3-10-26(22)36-30-16)23-15-19(31-37(32,33)21-8-6-20(34-2)7-9-21)5-12-25(23)35-27-11-4-18(28)14-24(27)29/h3-15,31H,1-2H3. The van der Waals surface area contributed by atoms with Crippen molar-refractivity contribution in [1.82, 2.24) is 5.16 Å². The van der Waals surface area contributed by atoms with Crippen LogP contribution in [0.2, 0.25) is 0 Å². The molecule has 5 rings (SSSR count). The Morgan fingerprint density at radius 1 is 0.892 bits per heavy atom. The van der Waals surface area contributed by atoms with Crippen LogP contribution in [0.4, 0.5) is 14.5 Å². The van der Waals surface area contributed by atoms with Crippen molar-refractivity contribution in [1.29, 1.82) is 0 Å². The smallest absolute Gasteiger partial charge is 0.261 e. The van der Waals surface area contributed by atoms with Gasteiger partial charge in [0.25, 0.3) is 10.0 Å². The maximum atomic E-state index is 14.3. The minimum Gasteiger partial charge on any atom is -0.497 e. The van der Waals surface area contributed by atoms with E-state index < -0.39 is 21.7 Å². The van der Waals surface area contributed by atoms with Gasteiger partial charge in [-0.15, -0.1) is 0 Å². The lowest BCUT2D eigenvalue weighted by Crippen LogP contribution is -2.13. The van der Waals surface area contributed by atoms with Crippen LogP contribution in [0.25, 0.3) is 22.1 Å². The van der Waals surface area contributed by atoms with Gasteiger partial charge in [0.2, 0.25) is 0 Å². The quantitative estimate of drug-likeness (QED) is 0.256. The monoisotopic (exact) mass is 522 g/mol. The van der Waals surface area contributed by atoms with Crippen molar-refractivity contribution in [2.24, 2.45) is 0 Å². The summed E-state index contributed by atoms with van der Waals surface area (Å²) in [6, 6.07) is 18.8. The first-order valence-electron chi connectivity index (χ1n) is 11.0. The number of rotatable bonds is 7. The van der Waals surface area contributed by atoms with Crippen LogP contribution in [-0.4, -0.2) is 20.7 Å². The number of fused-ring (bicyclic) bond motifs is 1. The van der Waals surface area contributed by atoms with Crippen LogP contribution in [0.3, 0.4) is 0 Å². The number of aryl methyl sites for hydroxylation is 1. The molecule has 0 spiro atoms. The summed E-state index contributed by atoms with van der Waals surface area (Å²) >= 11 is 0. The van der Waals surface area contributed by atoms with E-state index in [1.165, 1.54) is 37.4 Å². The number of ether oxygens (including phenoxy) is 2. The Hall–Kier alpha value is -4.44. The maximum absolute atomic E-state index is 14.3. The van der Waals surface area contributed by atoms with E-state index in [1.807, 2.05) is 6.07 Å². The van der Waals surface area contributed by atoms with Crippen LogP contribution in [0.15, 0.2) is 88.3 Å². The van der Waals surface area contributed by atoms with Gasteiger partial charge in [-0.25, -0.2) is 17.2 Å². The third kappa shape index (κ3) is 4.96. The number of nitrogens with zero attached hydrogens (tertiary/aromatic N) is 1. The van der Waals surface area contributed by atoms with E-state index in [-0.39, 0.29) is 22.1 Å². The molecule has 4 aromatic carbocycles. The summed E-state index contributed by atoms with van der Waals surface area (Å²) in [7, 11) is -2.44. The average Bonchev–Trinajstić information content (AvgIpc) is 3.26. The number of nitrogens with one attached hydrogen (secondary N) is 1. The molecule has 188 valence electrons. The molecule has 10 heteroatoms. The van der Waals surface area contributed by atoms with Gasteiger partial charge in [-0.3, -0.25) is 4.72 Å². The van der Waals surface area contributed by atoms with Crippen molar-refractivity contribution in [2.75, 3.05) is 11.8 Å². The number of anilines is 1. The van der Waals surface area contributed by atoms with Gasteiger partial charge in [0.05, 0.1) is 17.7 Å². The molecule has 1 aromatic heterocycles. The number of benzene rings is 4. The van der Waals surface area contributed by atoms with Gasteiger partial charge < -0.3 is 14.0 Å². The number of sulfonamides is 1. The van der Waals surface area contributed by atoms with E-state index in [4.69, 9.17) is 14.0 Å². The normalized spacial score (nSPS) is 11.5. The van der Waals surface area contributed by atoms with Gasteiger partial charge in [-0.2, -0.15) is 0 Å². The Kier molecular flexibility index (Phi) is 6.26. The third-order valence-electron chi connectivity index (χ3n) is 5.68. The van der Waals surface area contributed by atoms with E-state index in [2.05, 4.69) is 9.88 Å². The molecule has 0 radical (unpaired) electrons. The Balaban J connectivity index is 1.57. The zero-order chi connectivity index (χ0) is 26.2. The number of hydrogen-bond donors (Lipinski definition) is 1. The second kappa shape index (κ2) is 9.55. The van der Waals surface area contributed by atoms with Crippen molar-refractivity contribution in [3.05, 3.63) is 96.2 Å². The maximum Gasteiger partial charge on any atom is 0.261 e. The topological polar surface area (TPSA) is 90.7 Å². The minimum atomic E-state index is -3.93. The molecular weight excluding hydrogens is 502 g/mol. The molecule has 0 amide bonds. The summed E-state index contributed by atoms with van der Waals surface area (Å²) in [6.45, 7) is 1.79. The molecule has 7 nitrogen and oxygen atoms in total. The molecule has 0 bridgehead atoms. The molecule has 0 aliphatic carbocycles. The summed E-state index contributed by atoms with van der Waals surface area (Å²) < 4.78 is 72.5. The zero-order valence-corrected chi connectivity index (χ0v) is 20.5. The minimum absolute atomic E-state index is 0.0464. The summed E-state index contributed by atoms with van der Waals surface area (Å²) in [5.74, 6) is -1.04. The molecule has 0 saturated carbocycles. The molecule has 1 N–H and O–H groups in total. The van der Waals surface area contributed by atoms with Gasteiger partial charge >= 0.3 is 0 Å². The number of aromatic nitrogens is 1. The van der Waals surface area contributed by atoms with Gasteiger partial charge in [0.1, 0.15) is 17.3 Å². The molecule has 0 unspecified atom stereocenters. The second-order valence-electron chi connectivity index (χ2n) is 8.15. The molecule has 0 aliphatic rings. The molecule has 0 aliphatic heterocycles. The summed E-state index contributed by atoms with van der Waals surface area (Å²) in [5.41, 5.74) is 2.59. The number of halogens is 2. The highest BCUT2D eigenvalue weighted by Gasteiger charge is 2.18. The van der Waals surface area contributed by atoms with Crippen LogP contribution in [0.1, 0.15) is 5.69 Å². The fourth-order valence-electron chi connectivity index (χ4n) is 3.78. The van der Waals surface area contributed by atoms with Crippen molar-refractivity contribution in [3.8, 4) is 28.4 Å². The van der Waals surface area contributed by atoms with Gasteiger partial charge in [-0.05, 0) is 79.2 Å². The molecule has 37 heavy (non-hydrogen) atoms. The summed E-state index contributed by atoms with van der Waals surface area (Å²) in [4.78, 5) is 0.0464. The number of hydrogen-bond acceptors (Lipinski definition) is 6. The van der Waals surface area contributed by atoms with Crippen LogP contribution in [0, 0.1) is 18.6 Å². The highest BCUT2D eigenvalue weighted by molar-refractivity contribution is 7.92. The Labute approximate surface area is 211 Å². The second-order valence-corrected chi connectivity index (χ2v) is 9.83. The van der Waals surface area contributed by atoms with Crippen molar-refractivity contribution < 1.29 is 31.2 Å². The van der Waals surface area contributed by atoms with E-state index in [9.17, 15) is 17.2 Å². The molecule has 0 atom stereocenters. The van der Waals surface area contributed by atoms with E-state index in [1.54, 1.807) is 37.3 Å². The first kappa shape index (κ1) is 24.3. The molecular formula is C27H20F2N2O5S. The summed E-state index contributed by atoms with van der Waals surface area (Å²) in [6.07, 6.45) is 0. The fourth-order valence-corrected chi connectivity index (χ4v) is 4.83. The van der Waals surface area contributed by atoms with Crippen LogP contribution < -0.4 is 14.2 Å². The van der Waals surface area contributed by atoms with Crippen molar-refractivity contribution in [3.63, 3.8) is 0 Å². The lowest BCUT2D eigenvalue weighted by molar-refractivity contribution is 0.414. The molecule has 1 heterocycles. The predicted octanol–water partition coefficient (Wildman–Crippen LogP) is 6.68.